The molecule has 0 radical (unpaired) electrons. The van der Waals surface area contributed by atoms with Crippen LogP contribution in [0.15, 0.2) is 0 Å². The SMILES string of the molecule is Cc1nn(C)c(C2CCNCC2)c1C1CCCC1. The number of aryl methyl sites for hydroxylation is 2. The molecule has 100 valence electrons. The predicted octanol–water partition coefficient (Wildman–Crippen LogP) is 2.85. The summed E-state index contributed by atoms with van der Waals surface area (Å²) in [6.07, 6.45) is 8.13. The maximum atomic E-state index is 4.73. The minimum atomic E-state index is 0.730. The average molecular weight is 247 g/mol. The van der Waals surface area contributed by atoms with Gasteiger partial charge >= 0.3 is 0 Å². The minimum Gasteiger partial charge on any atom is -0.317 e. The minimum absolute atomic E-state index is 0.730. The van der Waals surface area contributed by atoms with Crippen LogP contribution in [0.3, 0.4) is 0 Å². The highest BCUT2D eigenvalue weighted by molar-refractivity contribution is 5.33. The molecule has 1 saturated heterocycles. The summed E-state index contributed by atoms with van der Waals surface area (Å²) >= 11 is 0. The fourth-order valence-electron chi connectivity index (χ4n) is 3.99. The van der Waals surface area contributed by atoms with Gasteiger partial charge in [0.2, 0.25) is 0 Å². The quantitative estimate of drug-likeness (QED) is 0.871. The van der Waals surface area contributed by atoms with Crippen LogP contribution >= 0.6 is 0 Å². The molecule has 3 heteroatoms. The van der Waals surface area contributed by atoms with Crippen LogP contribution < -0.4 is 5.32 Å². The number of piperidine rings is 1. The molecule has 1 aromatic rings. The lowest BCUT2D eigenvalue weighted by molar-refractivity contribution is 0.435. The van der Waals surface area contributed by atoms with Gasteiger partial charge in [-0.2, -0.15) is 5.10 Å². The van der Waals surface area contributed by atoms with Gasteiger partial charge in [0, 0.05) is 18.7 Å². The first-order chi connectivity index (χ1) is 8.77. The van der Waals surface area contributed by atoms with Crippen LogP contribution in [-0.2, 0) is 7.05 Å². The van der Waals surface area contributed by atoms with Crippen molar-refractivity contribution in [2.24, 2.45) is 7.05 Å². The fraction of sp³-hybridized carbons (Fsp3) is 0.800. The highest BCUT2D eigenvalue weighted by atomic mass is 15.3. The van der Waals surface area contributed by atoms with E-state index in [1.165, 1.54) is 57.3 Å². The van der Waals surface area contributed by atoms with E-state index in [0.29, 0.717) is 0 Å². The van der Waals surface area contributed by atoms with E-state index in [1.54, 1.807) is 11.3 Å². The molecule has 2 fully saturated rings. The molecule has 1 saturated carbocycles. The molecule has 0 unspecified atom stereocenters. The zero-order chi connectivity index (χ0) is 12.5. The van der Waals surface area contributed by atoms with E-state index in [0.717, 1.165) is 11.8 Å². The summed E-state index contributed by atoms with van der Waals surface area (Å²) < 4.78 is 2.18. The van der Waals surface area contributed by atoms with Crippen molar-refractivity contribution < 1.29 is 0 Å². The lowest BCUT2D eigenvalue weighted by Crippen LogP contribution is -2.28. The lowest BCUT2D eigenvalue weighted by Gasteiger charge is -2.25. The van der Waals surface area contributed by atoms with Gasteiger partial charge in [0.1, 0.15) is 0 Å². The highest BCUT2D eigenvalue weighted by Crippen LogP contribution is 2.41. The van der Waals surface area contributed by atoms with Crippen molar-refractivity contribution in [3.8, 4) is 0 Å². The molecule has 0 atom stereocenters. The van der Waals surface area contributed by atoms with Crippen molar-refractivity contribution >= 4 is 0 Å². The van der Waals surface area contributed by atoms with Gasteiger partial charge in [0.25, 0.3) is 0 Å². The number of aromatic nitrogens is 2. The van der Waals surface area contributed by atoms with Gasteiger partial charge in [0.15, 0.2) is 0 Å². The van der Waals surface area contributed by atoms with Crippen LogP contribution in [0.25, 0.3) is 0 Å². The van der Waals surface area contributed by atoms with E-state index in [-0.39, 0.29) is 0 Å². The van der Waals surface area contributed by atoms with E-state index in [9.17, 15) is 0 Å². The van der Waals surface area contributed by atoms with Gasteiger partial charge in [0.05, 0.1) is 5.69 Å². The third-order valence-electron chi connectivity index (χ3n) is 4.80. The summed E-state index contributed by atoms with van der Waals surface area (Å²) in [5.41, 5.74) is 4.46. The van der Waals surface area contributed by atoms with Gasteiger partial charge < -0.3 is 5.32 Å². The molecule has 0 bridgehead atoms. The normalized spacial score (nSPS) is 22.8. The molecule has 2 heterocycles. The van der Waals surface area contributed by atoms with E-state index in [1.807, 2.05) is 0 Å². The summed E-state index contributed by atoms with van der Waals surface area (Å²) in [4.78, 5) is 0. The first kappa shape index (κ1) is 12.2. The molecule has 3 nitrogen and oxygen atoms in total. The first-order valence-corrected chi connectivity index (χ1v) is 7.51. The molecule has 0 aromatic carbocycles. The highest BCUT2D eigenvalue weighted by Gasteiger charge is 2.29. The molecule has 2 aliphatic rings. The maximum absolute atomic E-state index is 4.73. The van der Waals surface area contributed by atoms with Crippen LogP contribution in [0.4, 0.5) is 0 Å². The maximum Gasteiger partial charge on any atom is 0.0631 e. The summed E-state index contributed by atoms with van der Waals surface area (Å²) in [7, 11) is 2.14. The van der Waals surface area contributed by atoms with Crippen LogP contribution in [0.5, 0.6) is 0 Å². The first-order valence-electron chi connectivity index (χ1n) is 7.51. The van der Waals surface area contributed by atoms with Crippen molar-refractivity contribution in [3.63, 3.8) is 0 Å². The van der Waals surface area contributed by atoms with Crippen LogP contribution in [0.2, 0.25) is 0 Å². The van der Waals surface area contributed by atoms with Crippen molar-refractivity contribution in [2.45, 2.75) is 57.3 Å². The van der Waals surface area contributed by atoms with Crippen LogP contribution in [-0.4, -0.2) is 22.9 Å². The van der Waals surface area contributed by atoms with E-state index < -0.39 is 0 Å². The predicted molar refractivity (Wildman–Crippen MR) is 74.0 cm³/mol. The molecule has 18 heavy (non-hydrogen) atoms. The Morgan fingerprint density at radius 3 is 2.39 bits per heavy atom. The molecule has 3 rings (SSSR count). The number of hydrogen-bond acceptors (Lipinski definition) is 2. The summed E-state index contributed by atoms with van der Waals surface area (Å²) in [5.74, 6) is 1.52. The van der Waals surface area contributed by atoms with Gasteiger partial charge in [-0.3, -0.25) is 4.68 Å². The Bertz CT molecular complexity index is 410. The second-order valence-corrected chi connectivity index (χ2v) is 6.01. The molecule has 1 aromatic heterocycles. The monoisotopic (exact) mass is 247 g/mol. The topological polar surface area (TPSA) is 29.9 Å². The molecular weight excluding hydrogens is 222 g/mol. The van der Waals surface area contributed by atoms with Gasteiger partial charge in [-0.1, -0.05) is 12.8 Å². The van der Waals surface area contributed by atoms with Gasteiger partial charge in [-0.15, -0.1) is 0 Å². The van der Waals surface area contributed by atoms with Crippen molar-refractivity contribution in [1.82, 2.24) is 15.1 Å². The zero-order valence-corrected chi connectivity index (χ0v) is 11.7. The van der Waals surface area contributed by atoms with Gasteiger partial charge in [-0.25, -0.2) is 0 Å². The largest absolute Gasteiger partial charge is 0.317 e. The Hall–Kier alpha value is -0.830. The Kier molecular flexibility index (Phi) is 3.42. The Labute approximate surface area is 110 Å². The van der Waals surface area contributed by atoms with E-state index in [4.69, 9.17) is 5.10 Å². The fourth-order valence-corrected chi connectivity index (χ4v) is 3.99. The number of hydrogen-bond donors (Lipinski definition) is 1. The molecule has 1 aliphatic carbocycles. The molecule has 0 spiro atoms. The Balaban J connectivity index is 1.95. The van der Waals surface area contributed by atoms with E-state index in [2.05, 4.69) is 24.0 Å². The summed E-state index contributed by atoms with van der Waals surface area (Å²) in [5, 5.41) is 8.20. The molecule has 1 aliphatic heterocycles. The second kappa shape index (κ2) is 5.04. The van der Waals surface area contributed by atoms with E-state index >= 15 is 0 Å². The number of rotatable bonds is 2. The third kappa shape index (κ3) is 2.09. The van der Waals surface area contributed by atoms with Crippen molar-refractivity contribution in [2.75, 3.05) is 13.1 Å². The van der Waals surface area contributed by atoms with Gasteiger partial charge in [-0.05, 0) is 57.2 Å². The van der Waals surface area contributed by atoms with Crippen LogP contribution in [0, 0.1) is 6.92 Å². The molecular formula is C15H25N3. The average Bonchev–Trinajstić information content (AvgIpc) is 2.97. The number of nitrogens with one attached hydrogen (secondary N) is 1. The zero-order valence-electron chi connectivity index (χ0n) is 11.7. The van der Waals surface area contributed by atoms with Crippen molar-refractivity contribution in [3.05, 3.63) is 17.0 Å². The Morgan fingerprint density at radius 1 is 1.06 bits per heavy atom. The smallest absolute Gasteiger partial charge is 0.0631 e. The summed E-state index contributed by atoms with van der Waals surface area (Å²) in [6, 6.07) is 0. The standard InChI is InChI=1S/C15H25N3/c1-11-14(12-5-3-4-6-12)15(18(2)17-11)13-7-9-16-10-8-13/h12-13,16H,3-10H2,1-2H3. The summed E-state index contributed by atoms with van der Waals surface area (Å²) in [6.45, 7) is 4.54. The van der Waals surface area contributed by atoms with Crippen LogP contribution in [0.1, 0.15) is 67.3 Å². The van der Waals surface area contributed by atoms with Crippen molar-refractivity contribution in [1.29, 1.82) is 0 Å². The molecule has 0 amide bonds. The third-order valence-corrected chi connectivity index (χ3v) is 4.80. The molecule has 1 N–H and O–H groups in total. The Morgan fingerprint density at radius 2 is 1.72 bits per heavy atom. The lowest BCUT2D eigenvalue weighted by atomic mass is 9.86. The number of nitrogens with zero attached hydrogens (tertiary/aromatic N) is 2. The second-order valence-electron chi connectivity index (χ2n) is 6.01.